The normalized spacial score (nSPS) is 10.6. The molecule has 0 aromatic carbocycles. The lowest BCUT2D eigenvalue weighted by Gasteiger charge is -2.01. The number of rotatable bonds is 2. The van der Waals surface area contributed by atoms with Crippen molar-refractivity contribution in [3.05, 3.63) is 40.5 Å². The van der Waals surface area contributed by atoms with Crippen LogP contribution in [0.15, 0.2) is 24.5 Å². The van der Waals surface area contributed by atoms with Gasteiger partial charge in [0, 0.05) is 17.3 Å². The van der Waals surface area contributed by atoms with Crippen LogP contribution in [0.2, 0.25) is 0 Å². The van der Waals surface area contributed by atoms with Crippen molar-refractivity contribution in [2.75, 3.05) is 0 Å². The molecule has 0 unspecified atom stereocenters. The molecule has 2 aromatic rings. The maximum absolute atomic E-state index is 11.4. The van der Waals surface area contributed by atoms with Gasteiger partial charge in [-0.25, -0.2) is 0 Å². The first kappa shape index (κ1) is 10.5. The van der Waals surface area contributed by atoms with Gasteiger partial charge in [0.15, 0.2) is 0 Å². The number of carbonyl (C=O) groups excluding carboxylic acids is 1. The average molecular weight is 240 g/mol. The highest BCUT2D eigenvalue weighted by molar-refractivity contribution is 7.15. The van der Waals surface area contributed by atoms with Crippen LogP contribution in [0.5, 0.6) is 0 Å². The lowest BCUT2D eigenvalue weighted by atomic mass is 10.2. The van der Waals surface area contributed by atoms with Crippen LogP contribution in [0.1, 0.15) is 20.8 Å². The Bertz CT molecular complexity index is 499. The molecule has 0 atom stereocenters. The van der Waals surface area contributed by atoms with Crippen molar-refractivity contribution in [3.8, 4) is 5.00 Å². The largest absolute Gasteiger partial charge is 0.315 e. The Hall–Kier alpha value is -1.06. The molecule has 78 valence electrons. The number of thiophene rings is 1. The molecule has 0 N–H and O–H groups in total. The topological polar surface area (TPSA) is 22.0 Å². The van der Waals surface area contributed by atoms with E-state index in [9.17, 15) is 4.79 Å². The Balaban J connectivity index is 2.67. The molecule has 0 aliphatic carbocycles. The SMILES string of the molecule is Cc1sc(-n2cccc2)c(C(=O)Cl)c1C. The van der Waals surface area contributed by atoms with Crippen LogP contribution in [0.25, 0.3) is 5.00 Å². The Labute approximate surface area is 97.1 Å². The summed E-state index contributed by atoms with van der Waals surface area (Å²) in [5.41, 5.74) is 1.60. The summed E-state index contributed by atoms with van der Waals surface area (Å²) in [6.45, 7) is 3.92. The van der Waals surface area contributed by atoms with E-state index in [1.807, 2.05) is 42.9 Å². The van der Waals surface area contributed by atoms with Gasteiger partial charge in [-0.15, -0.1) is 11.3 Å². The summed E-state index contributed by atoms with van der Waals surface area (Å²) >= 11 is 7.18. The van der Waals surface area contributed by atoms with Crippen LogP contribution in [0.4, 0.5) is 0 Å². The van der Waals surface area contributed by atoms with Crippen LogP contribution in [-0.2, 0) is 0 Å². The standard InChI is InChI=1S/C11H10ClNOS/c1-7-8(2)15-11(9(7)10(12)14)13-5-3-4-6-13/h3-6H,1-2H3. The fourth-order valence-corrected chi connectivity index (χ4v) is 2.90. The summed E-state index contributed by atoms with van der Waals surface area (Å²) in [6, 6.07) is 3.85. The monoisotopic (exact) mass is 239 g/mol. The van der Waals surface area contributed by atoms with Crippen LogP contribution in [0, 0.1) is 13.8 Å². The van der Waals surface area contributed by atoms with E-state index in [4.69, 9.17) is 11.6 Å². The Kier molecular flexibility index (Phi) is 2.67. The molecular weight excluding hydrogens is 230 g/mol. The van der Waals surface area contributed by atoms with Gasteiger partial charge in [-0.3, -0.25) is 4.79 Å². The van der Waals surface area contributed by atoms with Crippen molar-refractivity contribution in [2.45, 2.75) is 13.8 Å². The number of carbonyl (C=O) groups is 1. The number of aromatic nitrogens is 1. The quantitative estimate of drug-likeness (QED) is 0.735. The minimum absolute atomic E-state index is 0.388. The number of nitrogens with zero attached hydrogens (tertiary/aromatic N) is 1. The van der Waals surface area contributed by atoms with E-state index in [-0.39, 0.29) is 5.24 Å². The molecule has 2 rings (SSSR count). The van der Waals surface area contributed by atoms with E-state index < -0.39 is 0 Å². The first-order valence-electron chi connectivity index (χ1n) is 4.54. The molecule has 0 radical (unpaired) electrons. The molecular formula is C11H10ClNOS. The van der Waals surface area contributed by atoms with Gasteiger partial charge in [0.2, 0.25) is 0 Å². The van der Waals surface area contributed by atoms with Gasteiger partial charge in [0.25, 0.3) is 5.24 Å². The fourth-order valence-electron chi connectivity index (χ4n) is 1.49. The molecule has 0 bridgehead atoms. The molecule has 0 amide bonds. The zero-order chi connectivity index (χ0) is 11.0. The number of hydrogen-bond acceptors (Lipinski definition) is 2. The second kappa shape index (κ2) is 3.83. The summed E-state index contributed by atoms with van der Waals surface area (Å²) in [6.07, 6.45) is 3.82. The number of halogens is 1. The summed E-state index contributed by atoms with van der Waals surface area (Å²) in [7, 11) is 0. The second-order valence-electron chi connectivity index (χ2n) is 3.33. The summed E-state index contributed by atoms with van der Waals surface area (Å²) in [4.78, 5) is 12.5. The molecule has 2 heterocycles. The van der Waals surface area contributed by atoms with E-state index in [2.05, 4.69) is 0 Å². The predicted octanol–water partition coefficient (Wildman–Crippen LogP) is 3.53. The van der Waals surface area contributed by atoms with Crippen molar-refractivity contribution in [2.24, 2.45) is 0 Å². The van der Waals surface area contributed by atoms with Crippen LogP contribution in [-0.4, -0.2) is 9.81 Å². The molecule has 0 saturated carbocycles. The van der Waals surface area contributed by atoms with Gasteiger partial charge < -0.3 is 4.57 Å². The zero-order valence-electron chi connectivity index (χ0n) is 8.45. The lowest BCUT2D eigenvalue weighted by molar-refractivity contribution is 0.108. The lowest BCUT2D eigenvalue weighted by Crippen LogP contribution is -1.97. The zero-order valence-corrected chi connectivity index (χ0v) is 10.0. The van der Waals surface area contributed by atoms with Crippen LogP contribution < -0.4 is 0 Å². The number of hydrogen-bond donors (Lipinski definition) is 0. The van der Waals surface area contributed by atoms with Gasteiger partial charge in [0.1, 0.15) is 5.00 Å². The predicted molar refractivity (Wildman–Crippen MR) is 63.3 cm³/mol. The van der Waals surface area contributed by atoms with Gasteiger partial charge in [0.05, 0.1) is 5.56 Å². The average Bonchev–Trinajstić information content (AvgIpc) is 2.75. The Morgan fingerprint density at radius 2 is 1.93 bits per heavy atom. The molecule has 4 heteroatoms. The molecule has 0 aliphatic heterocycles. The first-order chi connectivity index (χ1) is 7.11. The molecule has 0 saturated heterocycles. The van der Waals surface area contributed by atoms with Crippen molar-refractivity contribution >= 4 is 28.2 Å². The number of aryl methyl sites for hydroxylation is 1. The molecule has 0 fully saturated rings. The van der Waals surface area contributed by atoms with Crippen molar-refractivity contribution in [1.29, 1.82) is 0 Å². The summed E-state index contributed by atoms with van der Waals surface area (Å²) in [5, 5.41) is 0.510. The third-order valence-corrected chi connectivity index (χ3v) is 3.81. The highest BCUT2D eigenvalue weighted by atomic mass is 35.5. The van der Waals surface area contributed by atoms with Crippen LogP contribution in [0.3, 0.4) is 0 Å². The van der Waals surface area contributed by atoms with Crippen molar-refractivity contribution < 1.29 is 4.79 Å². The van der Waals surface area contributed by atoms with Gasteiger partial charge in [-0.1, -0.05) is 0 Å². The fraction of sp³-hybridized carbons (Fsp3) is 0.182. The van der Waals surface area contributed by atoms with Gasteiger partial charge >= 0.3 is 0 Å². The maximum Gasteiger partial charge on any atom is 0.255 e. The third kappa shape index (κ3) is 1.73. The van der Waals surface area contributed by atoms with E-state index >= 15 is 0 Å². The summed E-state index contributed by atoms with van der Waals surface area (Å²) in [5.74, 6) is 0. The molecule has 0 aliphatic rings. The molecule has 2 nitrogen and oxygen atoms in total. The van der Waals surface area contributed by atoms with E-state index in [0.29, 0.717) is 5.56 Å². The Morgan fingerprint density at radius 1 is 1.33 bits per heavy atom. The van der Waals surface area contributed by atoms with E-state index in [0.717, 1.165) is 15.4 Å². The van der Waals surface area contributed by atoms with E-state index in [1.54, 1.807) is 11.3 Å². The molecule has 2 aromatic heterocycles. The molecule has 15 heavy (non-hydrogen) atoms. The molecule has 0 spiro atoms. The first-order valence-corrected chi connectivity index (χ1v) is 5.74. The van der Waals surface area contributed by atoms with Gasteiger partial charge in [-0.2, -0.15) is 0 Å². The Morgan fingerprint density at radius 3 is 2.47 bits per heavy atom. The third-order valence-electron chi connectivity index (χ3n) is 2.40. The minimum Gasteiger partial charge on any atom is -0.315 e. The smallest absolute Gasteiger partial charge is 0.255 e. The van der Waals surface area contributed by atoms with Crippen LogP contribution >= 0.6 is 22.9 Å². The van der Waals surface area contributed by atoms with Crippen molar-refractivity contribution in [1.82, 2.24) is 4.57 Å². The van der Waals surface area contributed by atoms with Crippen molar-refractivity contribution in [3.63, 3.8) is 0 Å². The van der Waals surface area contributed by atoms with E-state index in [1.165, 1.54) is 0 Å². The summed E-state index contributed by atoms with van der Waals surface area (Å²) < 4.78 is 1.92. The maximum atomic E-state index is 11.4. The minimum atomic E-state index is -0.388. The highest BCUT2D eigenvalue weighted by Crippen LogP contribution is 2.31. The second-order valence-corrected chi connectivity index (χ2v) is 4.87. The van der Waals surface area contributed by atoms with Gasteiger partial charge in [-0.05, 0) is 43.1 Å². The highest BCUT2D eigenvalue weighted by Gasteiger charge is 2.18.